The van der Waals surface area contributed by atoms with Crippen molar-refractivity contribution in [2.75, 3.05) is 20.3 Å². The number of aliphatic hydroxyl groups is 1. The van der Waals surface area contributed by atoms with Crippen molar-refractivity contribution in [3.05, 3.63) is 29.3 Å². The summed E-state index contributed by atoms with van der Waals surface area (Å²) in [6.45, 7) is 1.34. The van der Waals surface area contributed by atoms with Crippen molar-refractivity contribution >= 4 is 0 Å². The highest BCUT2D eigenvalue weighted by Gasteiger charge is 2.22. The van der Waals surface area contributed by atoms with Gasteiger partial charge in [-0.15, -0.1) is 0 Å². The molecule has 1 unspecified atom stereocenters. The monoisotopic (exact) mass is 249 g/mol. The van der Waals surface area contributed by atoms with Crippen LogP contribution in [0.1, 0.15) is 42.9 Å². The molecule has 100 valence electrons. The maximum atomic E-state index is 8.73. The van der Waals surface area contributed by atoms with Crippen molar-refractivity contribution in [2.45, 2.75) is 38.1 Å². The van der Waals surface area contributed by atoms with Gasteiger partial charge < -0.3 is 15.2 Å². The molecule has 0 saturated heterocycles. The molecule has 1 aliphatic rings. The third-order valence-electron chi connectivity index (χ3n) is 3.66. The Morgan fingerprint density at radius 3 is 3.00 bits per heavy atom. The molecule has 0 amide bonds. The normalized spacial score (nSPS) is 17.8. The molecular weight excluding hydrogens is 226 g/mol. The highest BCUT2D eigenvalue weighted by atomic mass is 16.5. The summed E-state index contributed by atoms with van der Waals surface area (Å²) in [5.41, 5.74) is 2.85. The van der Waals surface area contributed by atoms with Crippen LogP contribution in [0.15, 0.2) is 18.2 Å². The lowest BCUT2D eigenvalue weighted by molar-refractivity contribution is 0.282. The van der Waals surface area contributed by atoms with Gasteiger partial charge >= 0.3 is 0 Å². The van der Waals surface area contributed by atoms with Gasteiger partial charge in [0.25, 0.3) is 0 Å². The molecule has 2 rings (SSSR count). The third kappa shape index (κ3) is 3.24. The molecule has 0 saturated carbocycles. The number of benzene rings is 1. The second-order valence-electron chi connectivity index (χ2n) is 4.89. The molecule has 1 atom stereocenters. The summed E-state index contributed by atoms with van der Waals surface area (Å²) in [7, 11) is 1.72. The quantitative estimate of drug-likeness (QED) is 0.729. The molecule has 0 fully saturated rings. The van der Waals surface area contributed by atoms with Crippen LogP contribution in [0.4, 0.5) is 0 Å². The SMILES string of the molecule is COc1ccc2c(c1)C(NCCCCCO)CC2. The number of hydrogen-bond donors (Lipinski definition) is 2. The van der Waals surface area contributed by atoms with Gasteiger partial charge in [0.1, 0.15) is 5.75 Å². The zero-order valence-corrected chi connectivity index (χ0v) is 11.1. The molecule has 1 aliphatic carbocycles. The molecule has 0 radical (unpaired) electrons. The van der Waals surface area contributed by atoms with Crippen LogP contribution in [0.2, 0.25) is 0 Å². The first-order valence-corrected chi connectivity index (χ1v) is 6.86. The average Bonchev–Trinajstić information content (AvgIpc) is 2.81. The number of fused-ring (bicyclic) bond motifs is 1. The molecule has 3 heteroatoms. The minimum Gasteiger partial charge on any atom is -0.497 e. The van der Waals surface area contributed by atoms with Crippen LogP contribution in [0, 0.1) is 0 Å². The average molecular weight is 249 g/mol. The van der Waals surface area contributed by atoms with Crippen LogP contribution in [-0.2, 0) is 6.42 Å². The number of rotatable bonds is 7. The third-order valence-corrected chi connectivity index (χ3v) is 3.66. The number of aliphatic hydroxyl groups excluding tert-OH is 1. The van der Waals surface area contributed by atoms with E-state index in [1.165, 1.54) is 17.5 Å². The van der Waals surface area contributed by atoms with E-state index in [-0.39, 0.29) is 0 Å². The van der Waals surface area contributed by atoms with Gasteiger partial charge in [0.2, 0.25) is 0 Å². The zero-order chi connectivity index (χ0) is 12.8. The van der Waals surface area contributed by atoms with Gasteiger partial charge in [-0.1, -0.05) is 6.07 Å². The van der Waals surface area contributed by atoms with Gasteiger partial charge in [-0.25, -0.2) is 0 Å². The number of ether oxygens (including phenoxy) is 1. The van der Waals surface area contributed by atoms with Crippen LogP contribution in [-0.4, -0.2) is 25.4 Å². The minimum atomic E-state index is 0.309. The number of hydrogen-bond acceptors (Lipinski definition) is 3. The smallest absolute Gasteiger partial charge is 0.119 e. The van der Waals surface area contributed by atoms with Crippen LogP contribution >= 0.6 is 0 Å². The molecule has 0 aromatic heterocycles. The van der Waals surface area contributed by atoms with Crippen molar-refractivity contribution in [2.24, 2.45) is 0 Å². The second kappa shape index (κ2) is 6.76. The molecule has 1 aromatic rings. The maximum Gasteiger partial charge on any atom is 0.119 e. The van der Waals surface area contributed by atoms with Crippen molar-refractivity contribution in [1.82, 2.24) is 5.32 Å². The molecule has 3 nitrogen and oxygen atoms in total. The first kappa shape index (κ1) is 13.4. The molecule has 2 N–H and O–H groups in total. The van der Waals surface area contributed by atoms with Crippen molar-refractivity contribution in [1.29, 1.82) is 0 Å². The fourth-order valence-corrected chi connectivity index (χ4v) is 2.61. The summed E-state index contributed by atoms with van der Waals surface area (Å²) in [6, 6.07) is 6.86. The maximum absolute atomic E-state index is 8.73. The van der Waals surface area contributed by atoms with Gasteiger partial charge in [-0.05, 0) is 61.9 Å². The highest BCUT2D eigenvalue weighted by molar-refractivity contribution is 5.40. The number of nitrogens with one attached hydrogen (secondary N) is 1. The standard InChI is InChI=1S/C15H23NO2/c1-18-13-7-5-12-6-8-15(14(12)11-13)16-9-3-2-4-10-17/h5,7,11,15-17H,2-4,6,8-10H2,1H3. The summed E-state index contributed by atoms with van der Waals surface area (Å²) in [6.07, 6.45) is 5.49. The Kier molecular flexibility index (Phi) is 5.02. The topological polar surface area (TPSA) is 41.5 Å². The van der Waals surface area contributed by atoms with E-state index in [0.29, 0.717) is 12.6 Å². The number of unbranched alkanes of at least 4 members (excludes halogenated alkanes) is 2. The van der Waals surface area contributed by atoms with E-state index < -0.39 is 0 Å². The fourth-order valence-electron chi connectivity index (χ4n) is 2.61. The van der Waals surface area contributed by atoms with Gasteiger partial charge in [0.05, 0.1) is 7.11 Å². The molecule has 1 aromatic carbocycles. The van der Waals surface area contributed by atoms with E-state index >= 15 is 0 Å². The molecule has 0 bridgehead atoms. The number of aryl methyl sites for hydroxylation is 1. The molecule has 0 aliphatic heterocycles. The Hall–Kier alpha value is -1.06. The van der Waals surface area contributed by atoms with E-state index in [4.69, 9.17) is 9.84 Å². The van der Waals surface area contributed by atoms with Gasteiger partial charge in [-0.2, -0.15) is 0 Å². The van der Waals surface area contributed by atoms with Crippen LogP contribution in [0.5, 0.6) is 5.75 Å². The van der Waals surface area contributed by atoms with Crippen molar-refractivity contribution in [3.63, 3.8) is 0 Å². The minimum absolute atomic E-state index is 0.309. The lowest BCUT2D eigenvalue weighted by Gasteiger charge is -2.14. The summed E-state index contributed by atoms with van der Waals surface area (Å²) in [5, 5.41) is 12.3. The Morgan fingerprint density at radius 1 is 1.33 bits per heavy atom. The first-order valence-electron chi connectivity index (χ1n) is 6.86. The van der Waals surface area contributed by atoms with Crippen molar-refractivity contribution < 1.29 is 9.84 Å². The van der Waals surface area contributed by atoms with E-state index in [0.717, 1.165) is 38.0 Å². The highest BCUT2D eigenvalue weighted by Crippen LogP contribution is 2.33. The first-order chi connectivity index (χ1) is 8.85. The predicted octanol–water partition coefficient (Wildman–Crippen LogP) is 2.43. The molecule has 18 heavy (non-hydrogen) atoms. The summed E-state index contributed by atoms with van der Waals surface area (Å²) in [5.74, 6) is 0.947. The molecular formula is C15H23NO2. The molecule has 0 heterocycles. The van der Waals surface area contributed by atoms with E-state index in [1.54, 1.807) is 7.11 Å². The Labute approximate surface area is 109 Å². The zero-order valence-electron chi connectivity index (χ0n) is 11.1. The predicted molar refractivity (Wildman–Crippen MR) is 73.0 cm³/mol. The van der Waals surface area contributed by atoms with E-state index in [2.05, 4.69) is 17.4 Å². The van der Waals surface area contributed by atoms with Gasteiger partial charge in [-0.3, -0.25) is 0 Å². The van der Waals surface area contributed by atoms with Crippen LogP contribution in [0.25, 0.3) is 0 Å². The van der Waals surface area contributed by atoms with E-state index in [1.807, 2.05) is 6.07 Å². The number of methoxy groups -OCH3 is 1. The summed E-state index contributed by atoms with van der Waals surface area (Å²) in [4.78, 5) is 0. The van der Waals surface area contributed by atoms with Crippen LogP contribution in [0.3, 0.4) is 0 Å². The fraction of sp³-hybridized carbons (Fsp3) is 0.600. The second-order valence-corrected chi connectivity index (χ2v) is 4.89. The largest absolute Gasteiger partial charge is 0.497 e. The van der Waals surface area contributed by atoms with Gasteiger partial charge in [0.15, 0.2) is 0 Å². The van der Waals surface area contributed by atoms with Crippen LogP contribution < -0.4 is 10.1 Å². The lowest BCUT2D eigenvalue weighted by atomic mass is 10.1. The lowest BCUT2D eigenvalue weighted by Crippen LogP contribution is -2.20. The Bertz CT molecular complexity index is 379. The van der Waals surface area contributed by atoms with Crippen molar-refractivity contribution in [3.8, 4) is 5.75 Å². The Morgan fingerprint density at radius 2 is 2.22 bits per heavy atom. The van der Waals surface area contributed by atoms with E-state index in [9.17, 15) is 0 Å². The summed E-state index contributed by atoms with van der Waals surface area (Å²) >= 11 is 0. The molecule has 0 spiro atoms. The summed E-state index contributed by atoms with van der Waals surface area (Å²) < 4.78 is 5.29. The van der Waals surface area contributed by atoms with Gasteiger partial charge in [0, 0.05) is 12.6 Å². The Balaban J connectivity index is 1.86.